The van der Waals surface area contributed by atoms with Crippen LogP contribution in [0.3, 0.4) is 0 Å². The van der Waals surface area contributed by atoms with E-state index in [0.29, 0.717) is 12.1 Å². The van der Waals surface area contributed by atoms with E-state index in [9.17, 15) is 9.59 Å². The second-order valence-electron chi connectivity index (χ2n) is 11.8. The fraction of sp³-hybridized carbons (Fsp3) is 0.857. The van der Waals surface area contributed by atoms with Gasteiger partial charge in [0.2, 0.25) is 0 Å². The Kier molecular flexibility index (Phi) is 14.0. The molecule has 0 aromatic heterocycles. The van der Waals surface area contributed by atoms with Crippen LogP contribution < -0.4 is 10.0 Å². The van der Waals surface area contributed by atoms with Crippen LogP contribution >= 0.6 is 22.2 Å². The minimum atomic E-state index is -0.816. The third-order valence-corrected chi connectivity index (χ3v) is 14.7. The number of rotatable bonds is 16. The molecule has 6 nitrogen and oxygen atoms in total. The molecule has 0 saturated carbocycles. The Bertz CT molecular complexity index is 744. The van der Waals surface area contributed by atoms with Gasteiger partial charge >= 0.3 is 12.0 Å². The number of ether oxygens (including phenoxy) is 1. The van der Waals surface area contributed by atoms with Crippen molar-refractivity contribution in [3.63, 3.8) is 0 Å². The molecule has 0 aromatic carbocycles. The molecule has 8 heteroatoms. The minimum absolute atomic E-state index is 0.0230. The van der Waals surface area contributed by atoms with Crippen LogP contribution in [0, 0.1) is 0 Å². The Hall–Kier alpha value is -0.860. The summed E-state index contributed by atoms with van der Waals surface area (Å²) >= 11 is -1.41. The van der Waals surface area contributed by atoms with Crippen molar-refractivity contribution in [2.24, 2.45) is 0 Å². The van der Waals surface area contributed by atoms with Crippen molar-refractivity contribution >= 4 is 34.2 Å². The summed E-state index contributed by atoms with van der Waals surface area (Å²) in [5, 5.41) is 3.49. The molecule has 216 valence electrons. The molecular formula is C28H59N3O3S2. The first-order valence-electron chi connectivity index (χ1n) is 13.6. The SMILES string of the molecule is C=C(C)C(=O)OCCN(C(=O)NC(C)(CC)C(C)(CC)[SH](C)NC(C)(C)CCC)[SH](C)C(C)(C)CC. The molecule has 0 saturated heterocycles. The van der Waals surface area contributed by atoms with E-state index < -0.39 is 33.7 Å². The molecule has 0 rings (SSSR count). The molecule has 0 bridgehead atoms. The lowest BCUT2D eigenvalue weighted by molar-refractivity contribution is -0.138. The average Bonchev–Trinajstić information content (AvgIpc) is 2.79. The van der Waals surface area contributed by atoms with E-state index in [-0.39, 0.29) is 27.7 Å². The molecule has 2 N–H and O–H groups in total. The fourth-order valence-corrected chi connectivity index (χ4v) is 8.96. The lowest BCUT2D eigenvalue weighted by Gasteiger charge is -2.54. The lowest BCUT2D eigenvalue weighted by Crippen LogP contribution is -2.64. The molecule has 0 fully saturated rings. The summed E-state index contributed by atoms with van der Waals surface area (Å²) in [6, 6.07) is -0.0725. The Labute approximate surface area is 229 Å². The van der Waals surface area contributed by atoms with E-state index in [4.69, 9.17) is 4.74 Å². The summed E-state index contributed by atoms with van der Waals surface area (Å²) in [7, 11) is 0. The smallest absolute Gasteiger partial charge is 0.333 e. The van der Waals surface area contributed by atoms with Crippen LogP contribution in [0.25, 0.3) is 0 Å². The van der Waals surface area contributed by atoms with Crippen molar-refractivity contribution in [1.29, 1.82) is 0 Å². The molecule has 4 atom stereocenters. The van der Waals surface area contributed by atoms with Gasteiger partial charge in [-0.2, -0.15) is 22.2 Å². The van der Waals surface area contributed by atoms with Crippen LogP contribution in [-0.2, 0) is 9.53 Å². The fourth-order valence-electron chi connectivity index (χ4n) is 4.45. The molecule has 0 heterocycles. The summed E-state index contributed by atoms with van der Waals surface area (Å²) in [5.74, 6) is -0.417. The lowest BCUT2D eigenvalue weighted by atomic mass is 9.82. The predicted octanol–water partition coefficient (Wildman–Crippen LogP) is 6.90. The zero-order chi connectivity index (χ0) is 28.5. The first-order chi connectivity index (χ1) is 16.4. The Morgan fingerprint density at radius 1 is 0.944 bits per heavy atom. The maximum absolute atomic E-state index is 14.0. The van der Waals surface area contributed by atoms with Crippen LogP contribution in [0.4, 0.5) is 4.79 Å². The van der Waals surface area contributed by atoms with Crippen LogP contribution in [-0.4, -0.2) is 62.5 Å². The third-order valence-electron chi connectivity index (χ3n) is 8.28. The van der Waals surface area contributed by atoms with Crippen molar-refractivity contribution in [2.45, 2.75) is 129 Å². The van der Waals surface area contributed by atoms with Crippen molar-refractivity contribution in [3.8, 4) is 0 Å². The summed E-state index contributed by atoms with van der Waals surface area (Å²) in [6.07, 6.45) is 9.44. The van der Waals surface area contributed by atoms with Gasteiger partial charge in [-0.15, -0.1) is 0 Å². The Balaban J connectivity index is 6.06. The molecule has 4 unspecified atom stereocenters. The summed E-state index contributed by atoms with van der Waals surface area (Å²) in [6.45, 7) is 28.1. The van der Waals surface area contributed by atoms with Gasteiger partial charge in [-0.05, 0) is 72.8 Å². The van der Waals surface area contributed by atoms with E-state index in [1.165, 1.54) is 0 Å². The maximum Gasteiger partial charge on any atom is 0.333 e. The van der Waals surface area contributed by atoms with Gasteiger partial charge in [-0.3, -0.25) is 9.03 Å². The van der Waals surface area contributed by atoms with Gasteiger partial charge in [0, 0.05) is 20.6 Å². The zero-order valence-electron chi connectivity index (χ0n) is 25.7. The number of nitrogens with zero attached hydrogens (tertiary/aromatic N) is 1. The van der Waals surface area contributed by atoms with Crippen LogP contribution in [0.2, 0.25) is 0 Å². The zero-order valence-corrected chi connectivity index (χ0v) is 27.5. The Morgan fingerprint density at radius 3 is 1.92 bits per heavy atom. The largest absolute Gasteiger partial charge is 0.460 e. The van der Waals surface area contributed by atoms with Gasteiger partial charge in [0.1, 0.15) is 6.61 Å². The van der Waals surface area contributed by atoms with Gasteiger partial charge < -0.3 is 10.1 Å². The predicted molar refractivity (Wildman–Crippen MR) is 165 cm³/mol. The second-order valence-corrected chi connectivity index (χ2v) is 16.8. The summed E-state index contributed by atoms with van der Waals surface area (Å²) in [4.78, 5) is 25.9. The van der Waals surface area contributed by atoms with Gasteiger partial charge in [0.05, 0.1) is 12.1 Å². The normalized spacial score (nSPS) is 18.4. The van der Waals surface area contributed by atoms with E-state index in [1.54, 1.807) is 6.92 Å². The highest BCUT2D eigenvalue weighted by molar-refractivity contribution is 8.16. The molecule has 0 aliphatic heterocycles. The van der Waals surface area contributed by atoms with Crippen molar-refractivity contribution in [1.82, 2.24) is 14.3 Å². The standard InChI is InChI=1S/C28H59N3O3S2/c1-15-19-25(7,8)30-35(13)28(12,18-4)27(11,17-3)29-24(33)31(36(14)26(9,10)16-2)20-21-34-23(32)22(5)6/h30,35-36H,5,15-21H2,1-4,6-14H3,(H,29,33). The number of carbonyl (C=O) groups excluding carboxylic acids is 2. The Morgan fingerprint density at radius 2 is 1.50 bits per heavy atom. The maximum atomic E-state index is 14.0. The van der Waals surface area contributed by atoms with Gasteiger partial charge in [-0.1, -0.05) is 54.5 Å². The van der Waals surface area contributed by atoms with Crippen LogP contribution in [0.1, 0.15) is 108 Å². The molecule has 0 aromatic rings. The number of urea groups is 1. The van der Waals surface area contributed by atoms with Crippen LogP contribution in [0.15, 0.2) is 12.2 Å². The number of hydrogen-bond donors (Lipinski definition) is 4. The minimum Gasteiger partial charge on any atom is -0.460 e. The molecule has 0 spiro atoms. The van der Waals surface area contributed by atoms with Crippen molar-refractivity contribution in [3.05, 3.63) is 12.2 Å². The monoisotopic (exact) mass is 549 g/mol. The van der Waals surface area contributed by atoms with Gasteiger partial charge in [0.25, 0.3) is 0 Å². The summed E-state index contributed by atoms with van der Waals surface area (Å²) < 4.78 is 11.1. The van der Waals surface area contributed by atoms with Crippen molar-refractivity contribution in [2.75, 3.05) is 25.7 Å². The van der Waals surface area contributed by atoms with Crippen LogP contribution in [0.5, 0.6) is 0 Å². The first-order valence-corrected chi connectivity index (χ1v) is 17.1. The number of hydrogen-bond acceptors (Lipinski definition) is 4. The van der Waals surface area contributed by atoms with E-state index in [0.717, 1.165) is 32.1 Å². The van der Waals surface area contributed by atoms with E-state index in [1.807, 2.05) is 4.31 Å². The third kappa shape index (κ3) is 9.16. The topological polar surface area (TPSA) is 70.7 Å². The highest BCUT2D eigenvalue weighted by atomic mass is 32.2. The highest BCUT2D eigenvalue weighted by Gasteiger charge is 2.47. The number of thiol groups is 2. The molecule has 0 aliphatic rings. The molecular weight excluding hydrogens is 490 g/mol. The number of carbonyl (C=O) groups is 2. The number of amides is 2. The van der Waals surface area contributed by atoms with E-state index in [2.05, 4.69) is 98.4 Å². The molecule has 0 aliphatic carbocycles. The quantitative estimate of drug-likeness (QED) is 0.0960. The second kappa shape index (κ2) is 14.3. The summed E-state index contributed by atoms with van der Waals surface area (Å²) in [5.41, 5.74) is 0.00542. The number of esters is 1. The number of nitrogens with one attached hydrogen (secondary N) is 2. The van der Waals surface area contributed by atoms with E-state index >= 15 is 0 Å². The average molecular weight is 550 g/mol. The molecule has 2 amide bonds. The van der Waals surface area contributed by atoms with Gasteiger partial charge in [-0.25, -0.2) is 9.59 Å². The first kappa shape index (κ1) is 35.1. The molecule has 0 radical (unpaired) electrons. The molecule has 36 heavy (non-hydrogen) atoms. The van der Waals surface area contributed by atoms with Crippen molar-refractivity contribution < 1.29 is 14.3 Å². The highest BCUT2D eigenvalue weighted by Crippen LogP contribution is 2.49. The van der Waals surface area contributed by atoms with Gasteiger partial charge in [0.15, 0.2) is 0 Å².